The summed E-state index contributed by atoms with van der Waals surface area (Å²) >= 11 is 11.9. The minimum absolute atomic E-state index is 0.0827. The van der Waals surface area contributed by atoms with E-state index in [9.17, 15) is 9.59 Å². The van der Waals surface area contributed by atoms with Crippen LogP contribution in [0.4, 0.5) is 0 Å². The molecular formula is C16H17Cl2N3O4. The molecule has 25 heavy (non-hydrogen) atoms. The van der Waals surface area contributed by atoms with Crippen molar-refractivity contribution in [1.29, 1.82) is 0 Å². The molecular weight excluding hydrogens is 369 g/mol. The van der Waals surface area contributed by atoms with Crippen LogP contribution in [0.1, 0.15) is 28.9 Å². The summed E-state index contributed by atoms with van der Waals surface area (Å²) in [4.78, 5) is 22.4. The van der Waals surface area contributed by atoms with E-state index < -0.39 is 11.9 Å². The lowest BCUT2D eigenvalue weighted by atomic mass is 10.2. The molecule has 0 saturated heterocycles. The Bertz CT molecular complexity index is 777. The second-order valence-corrected chi connectivity index (χ2v) is 6.03. The summed E-state index contributed by atoms with van der Waals surface area (Å²) in [5.41, 5.74) is 1.46. The highest BCUT2D eigenvalue weighted by Crippen LogP contribution is 2.24. The largest absolute Gasteiger partial charge is 0.481 e. The highest BCUT2D eigenvalue weighted by Gasteiger charge is 2.18. The molecule has 2 rings (SSSR count). The van der Waals surface area contributed by atoms with Gasteiger partial charge < -0.3 is 15.2 Å². The van der Waals surface area contributed by atoms with Crippen LogP contribution in [0.2, 0.25) is 10.0 Å². The average Bonchev–Trinajstić information content (AvgIpc) is 3.00. The van der Waals surface area contributed by atoms with Gasteiger partial charge >= 0.3 is 11.9 Å². The third-order valence-corrected chi connectivity index (χ3v) is 4.14. The van der Waals surface area contributed by atoms with E-state index in [-0.39, 0.29) is 12.1 Å². The average molecular weight is 386 g/mol. The van der Waals surface area contributed by atoms with E-state index in [0.29, 0.717) is 40.8 Å². The van der Waals surface area contributed by atoms with Gasteiger partial charge in [-0.1, -0.05) is 23.2 Å². The van der Waals surface area contributed by atoms with Crippen molar-refractivity contribution in [2.75, 3.05) is 13.7 Å². The molecule has 7 nitrogen and oxygen atoms in total. The van der Waals surface area contributed by atoms with E-state index >= 15 is 0 Å². The summed E-state index contributed by atoms with van der Waals surface area (Å²) in [5, 5.41) is 16.8. The minimum atomic E-state index is -0.843. The van der Waals surface area contributed by atoms with Gasteiger partial charge in [0.2, 0.25) is 0 Å². The maximum Gasteiger partial charge on any atom is 0.358 e. The van der Waals surface area contributed by atoms with Gasteiger partial charge in [0.15, 0.2) is 5.69 Å². The summed E-state index contributed by atoms with van der Waals surface area (Å²) in [6.07, 6.45) is 2.26. The number of nitrogens with zero attached hydrogens (tertiary/aromatic N) is 2. The SMILES string of the molecule is COC(=O)c1nn(-c2ccc(Cl)c(Cl)c2)cc1CNCCCC(=O)O. The lowest BCUT2D eigenvalue weighted by Crippen LogP contribution is -2.17. The van der Waals surface area contributed by atoms with Crippen LogP contribution in [0.15, 0.2) is 24.4 Å². The number of carboxylic acid groups (broad SMARTS) is 1. The number of ether oxygens (including phenoxy) is 1. The quantitative estimate of drug-likeness (QED) is 0.535. The number of nitrogens with one attached hydrogen (secondary N) is 1. The zero-order chi connectivity index (χ0) is 18.4. The van der Waals surface area contributed by atoms with Gasteiger partial charge in [0.1, 0.15) is 0 Å². The van der Waals surface area contributed by atoms with Gasteiger partial charge in [-0.3, -0.25) is 4.79 Å². The number of benzene rings is 1. The Morgan fingerprint density at radius 2 is 2.08 bits per heavy atom. The topological polar surface area (TPSA) is 93.5 Å². The second-order valence-electron chi connectivity index (χ2n) is 5.21. The molecule has 1 aromatic heterocycles. The van der Waals surface area contributed by atoms with Crippen LogP contribution in [0, 0.1) is 0 Å². The molecule has 0 saturated carbocycles. The third kappa shape index (κ3) is 5.19. The summed E-state index contributed by atoms with van der Waals surface area (Å²) in [5.74, 6) is -1.40. The number of aromatic nitrogens is 2. The van der Waals surface area contributed by atoms with Crippen molar-refractivity contribution in [3.63, 3.8) is 0 Å². The van der Waals surface area contributed by atoms with Crippen LogP contribution in [0.3, 0.4) is 0 Å². The number of rotatable bonds is 8. The van der Waals surface area contributed by atoms with Gasteiger partial charge in [-0.15, -0.1) is 0 Å². The Hall–Kier alpha value is -2.09. The molecule has 0 spiro atoms. The molecule has 1 heterocycles. The first kappa shape index (κ1) is 19.2. The van der Waals surface area contributed by atoms with Crippen LogP contribution in [0.5, 0.6) is 0 Å². The molecule has 0 aliphatic carbocycles. The first-order valence-corrected chi connectivity index (χ1v) is 8.22. The second kappa shape index (κ2) is 8.84. The smallest absolute Gasteiger partial charge is 0.358 e. The van der Waals surface area contributed by atoms with Gasteiger partial charge in [0.05, 0.1) is 22.8 Å². The number of hydrogen-bond acceptors (Lipinski definition) is 5. The zero-order valence-corrected chi connectivity index (χ0v) is 15.0. The minimum Gasteiger partial charge on any atom is -0.481 e. The van der Waals surface area contributed by atoms with E-state index in [4.69, 9.17) is 33.0 Å². The van der Waals surface area contributed by atoms with Gasteiger partial charge in [-0.25, -0.2) is 9.48 Å². The highest BCUT2D eigenvalue weighted by molar-refractivity contribution is 6.42. The lowest BCUT2D eigenvalue weighted by Gasteiger charge is -2.03. The number of aliphatic carboxylic acids is 1. The molecule has 2 N–H and O–H groups in total. The molecule has 0 fully saturated rings. The number of carbonyl (C=O) groups excluding carboxylic acids is 1. The fraction of sp³-hybridized carbons (Fsp3) is 0.312. The Morgan fingerprint density at radius 1 is 1.32 bits per heavy atom. The van der Waals surface area contributed by atoms with Gasteiger partial charge in [-0.05, 0) is 31.2 Å². The monoisotopic (exact) mass is 385 g/mol. The zero-order valence-electron chi connectivity index (χ0n) is 13.5. The van der Waals surface area contributed by atoms with Crippen molar-refractivity contribution in [2.24, 2.45) is 0 Å². The maximum absolute atomic E-state index is 11.9. The van der Waals surface area contributed by atoms with Crippen LogP contribution < -0.4 is 5.32 Å². The molecule has 2 aromatic rings. The fourth-order valence-corrected chi connectivity index (χ4v) is 2.45. The van der Waals surface area contributed by atoms with E-state index in [0.717, 1.165) is 0 Å². The molecule has 134 valence electrons. The Kier molecular flexibility index (Phi) is 6.81. The first-order valence-electron chi connectivity index (χ1n) is 7.47. The van der Waals surface area contributed by atoms with E-state index in [1.807, 2.05) is 0 Å². The van der Waals surface area contributed by atoms with Crippen LogP contribution in [-0.2, 0) is 16.1 Å². The molecule has 0 aliphatic rings. The van der Waals surface area contributed by atoms with Gasteiger partial charge in [0.25, 0.3) is 0 Å². The molecule has 1 aromatic carbocycles. The number of halogens is 2. The number of carbonyl (C=O) groups is 2. The van der Waals surface area contributed by atoms with E-state index in [1.54, 1.807) is 24.4 Å². The molecule has 0 unspecified atom stereocenters. The van der Waals surface area contributed by atoms with Crippen LogP contribution in [-0.4, -0.2) is 40.5 Å². The van der Waals surface area contributed by atoms with Crippen molar-refractivity contribution in [1.82, 2.24) is 15.1 Å². The number of carboxylic acids is 1. The van der Waals surface area contributed by atoms with E-state index in [1.165, 1.54) is 11.8 Å². The van der Waals surface area contributed by atoms with Crippen molar-refractivity contribution in [3.8, 4) is 5.69 Å². The van der Waals surface area contributed by atoms with Crippen molar-refractivity contribution >= 4 is 35.1 Å². The van der Waals surface area contributed by atoms with Crippen LogP contribution >= 0.6 is 23.2 Å². The predicted octanol–water partition coefficient (Wildman–Crippen LogP) is 2.92. The highest BCUT2D eigenvalue weighted by atomic mass is 35.5. The molecule has 9 heteroatoms. The summed E-state index contributed by atoms with van der Waals surface area (Å²) < 4.78 is 6.28. The predicted molar refractivity (Wildman–Crippen MR) is 93.5 cm³/mol. The molecule has 0 atom stereocenters. The lowest BCUT2D eigenvalue weighted by molar-refractivity contribution is -0.137. The Labute approximate surface area is 154 Å². The summed E-state index contributed by atoms with van der Waals surface area (Å²) in [6.45, 7) is 0.857. The summed E-state index contributed by atoms with van der Waals surface area (Å²) in [6, 6.07) is 5.01. The number of methoxy groups -OCH3 is 1. The molecule has 0 amide bonds. The number of hydrogen-bond donors (Lipinski definition) is 2. The van der Waals surface area contributed by atoms with Crippen LogP contribution in [0.25, 0.3) is 5.69 Å². The number of esters is 1. The molecule has 0 bridgehead atoms. The third-order valence-electron chi connectivity index (χ3n) is 3.40. The maximum atomic E-state index is 11.9. The fourth-order valence-electron chi connectivity index (χ4n) is 2.16. The Morgan fingerprint density at radius 3 is 2.72 bits per heavy atom. The van der Waals surface area contributed by atoms with Gasteiger partial charge in [-0.2, -0.15) is 5.10 Å². The Balaban J connectivity index is 2.17. The van der Waals surface area contributed by atoms with Crippen molar-refractivity contribution < 1.29 is 19.4 Å². The standard InChI is InChI=1S/C16H17Cl2N3O4/c1-25-16(24)15-10(8-19-6-2-3-14(22)23)9-21(20-15)11-4-5-12(17)13(18)7-11/h4-5,7,9,19H,2-3,6,8H2,1H3,(H,22,23). The van der Waals surface area contributed by atoms with E-state index in [2.05, 4.69) is 10.4 Å². The summed E-state index contributed by atoms with van der Waals surface area (Å²) in [7, 11) is 1.28. The van der Waals surface area contributed by atoms with Crippen molar-refractivity contribution in [2.45, 2.75) is 19.4 Å². The normalized spacial score (nSPS) is 10.7. The molecule has 0 aliphatic heterocycles. The molecule has 0 radical (unpaired) electrons. The van der Waals surface area contributed by atoms with Gasteiger partial charge in [0, 0.05) is 24.7 Å². The first-order chi connectivity index (χ1) is 11.9. The van der Waals surface area contributed by atoms with Crippen molar-refractivity contribution in [3.05, 3.63) is 45.7 Å².